The van der Waals surface area contributed by atoms with E-state index in [4.69, 9.17) is 5.11 Å². The van der Waals surface area contributed by atoms with Crippen LogP contribution >= 0.6 is 0 Å². The molecule has 1 aliphatic heterocycles. The van der Waals surface area contributed by atoms with E-state index in [1.165, 1.54) is 53.7 Å². The lowest BCUT2D eigenvalue weighted by Crippen LogP contribution is -2.29. The molecule has 45 heavy (non-hydrogen) atoms. The third-order valence-corrected chi connectivity index (χ3v) is 9.65. The average Bonchev–Trinajstić information content (AvgIpc) is 3.60. The molecule has 226 valence electrons. The van der Waals surface area contributed by atoms with Crippen LogP contribution in [0.2, 0.25) is 0 Å². The zero-order valence-electron chi connectivity index (χ0n) is 25.8. The summed E-state index contributed by atoms with van der Waals surface area (Å²) in [6, 6.07) is 32.1. The van der Waals surface area contributed by atoms with E-state index >= 15 is 4.39 Å². The van der Waals surface area contributed by atoms with E-state index in [0.717, 1.165) is 29.0 Å². The molecule has 0 radical (unpaired) electrons. The van der Waals surface area contributed by atoms with Crippen LogP contribution in [0.25, 0.3) is 32.4 Å². The molecule has 0 saturated carbocycles. The molecular formula is C40H37FN2O2. The zero-order valence-corrected chi connectivity index (χ0v) is 25.8. The molecule has 1 aliphatic carbocycles. The molecule has 8 rings (SSSR count). The molecule has 4 nitrogen and oxygen atoms in total. The summed E-state index contributed by atoms with van der Waals surface area (Å²) in [6.07, 6.45) is 6.29. The first kappa shape index (κ1) is 29.0. The van der Waals surface area contributed by atoms with Gasteiger partial charge in [0.25, 0.3) is 0 Å². The second-order valence-corrected chi connectivity index (χ2v) is 13.1. The Kier molecular flexibility index (Phi) is 7.48. The molecule has 2 aliphatic rings. The van der Waals surface area contributed by atoms with Gasteiger partial charge in [0.2, 0.25) is 0 Å². The zero-order chi connectivity index (χ0) is 31.1. The number of nitrogens with zero attached hydrogens (tertiary/aromatic N) is 2. The van der Waals surface area contributed by atoms with Gasteiger partial charge in [-0.2, -0.15) is 0 Å². The topological polar surface area (TPSA) is 53.4 Å². The van der Waals surface area contributed by atoms with Gasteiger partial charge in [-0.1, -0.05) is 80.6 Å². The van der Waals surface area contributed by atoms with E-state index in [1.807, 2.05) is 30.3 Å². The Hall–Kier alpha value is -4.77. The number of hydrogen-bond acceptors (Lipinski definition) is 3. The van der Waals surface area contributed by atoms with E-state index in [0.29, 0.717) is 16.8 Å². The maximum atomic E-state index is 15.1. The Labute approximate surface area is 263 Å². The van der Waals surface area contributed by atoms with Crippen LogP contribution in [-0.2, 0) is 11.8 Å². The molecule has 2 heterocycles. The predicted molar refractivity (Wildman–Crippen MR) is 182 cm³/mol. The number of carboxylic acid groups (broad SMARTS) is 1. The summed E-state index contributed by atoms with van der Waals surface area (Å²) in [5.41, 5.74) is 6.30. The van der Waals surface area contributed by atoms with E-state index in [1.54, 1.807) is 30.5 Å². The Bertz CT molecular complexity index is 2060. The smallest absolute Gasteiger partial charge is 0.337 e. The monoisotopic (exact) mass is 596 g/mol. The van der Waals surface area contributed by atoms with Gasteiger partial charge in [-0.3, -0.25) is 4.98 Å². The fourth-order valence-electron chi connectivity index (χ4n) is 7.67. The molecule has 1 N–H and O–H groups in total. The van der Waals surface area contributed by atoms with Crippen LogP contribution in [0, 0.1) is 5.82 Å². The van der Waals surface area contributed by atoms with Gasteiger partial charge >= 0.3 is 5.97 Å². The largest absolute Gasteiger partial charge is 0.478 e. The maximum absolute atomic E-state index is 15.1. The minimum absolute atomic E-state index is 0.0176. The van der Waals surface area contributed by atoms with E-state index in [2.05, 4.69) is 66.2 Å². The van der Waals surface area contributed by atoms with Crippen molar-refractivity contribution in [3.05, 3.63) is 131 Å². The van der Waals surface area contributed by atoms with Crippen LogP contribution in [0.1, 0.15) is 66.1 Å². The van der Waals surface area contributed by atoms with Crippen molar-refractivity contribution in [3.63, 3.8) is 0 Å². The SMILES string of the molecule is CC1(C)CC(c2cccc(N3CCCC3)c2)Cc2ccc3c(cc(F)c4ccccc43)c21.O=C(O)c1cccc2cccnc12. The van der Waals surface area contributed by atoms with E-state index in [-0.39, 0.29) is 16.8 Å². The Morgan fingerprint density at radius 3 is 2.38 bits per heavy atom. The van der Waals surface area contributed by atoms with Crippen molar-refractivity contribution >= 4 is 44.1 Å². The predicted octanol–water partition coefficient (Wildman–Crippen LogP) is 9.67. The van der Waals surface area contributed by atoms with Crippen molar-refractivity contribution in [2.75, 3.05) is 18.0 Å². The molecular weight excluding hydrogens is 559 g/mol. The third-order valence-electron chi connectivity index (χ3n) is 9.65. The summed E-state index contributed by atoms with van der Waals surface area (Å²) < 4.78 is 15.1. The molecule has 1 unspecified atom stereocenters. The minimum atomic E-state index is -0.940. The van der Waals surface area contributed by atoms with E-state index < -0.39 is 5.97 Å². The second kappa shape index (κ2) is 11.6. The molecule has 0 spiro atoms. The number of aromatic carboxylic acids is 1. The maximum Gasteiger partial charge on any atom is 0.337 e. The fraction of sp³-hybridized carbons (Fsp3) is 0.250. The first-order chi connectivity index (χ1) is 21.8. The highest BCUT2D eigenvalue weighted by Crippen LogP contribution is 2.48. The van der Waals surface area contributed by atoms with Crippen molar-refractivity contribution < 1.29 is 14.3 Å². The lowest BCUT2D eigenvalue weighted by molar-refractivity contribution is 0.0699. The lowest BCUT2D eigenvalue weighted by atomic mass is 9.65. The van der Waals surface area contributed by atoms with Crippen molar-refractivity contribution in [2.24, 2.45) is 0 Å². The van der Waals surface area contributed by atoms with Gasteiger partial charge in [-0.15, -0.1) is 0 Å². The van der Waals surface area contributed by atoms with Gasteiger partial charge in [-0.25, -0.2) is 9.18 Å². The number of carbonyl (C=O) groups is 1. The van der Waals surface area contributed by atoms with E-state index in [9.17, 15) is 4.79 Å². The number of rotatable bonds is 3. The summed E-state index contributed by atoms with van der Waals surface area (Å²) in [4.78, 5) is 17.3. The number of fused-ring (bicyclic) bond motifs is 6. The highest BCUT2D eigenvalue weighted by Gasteiger charge is 2.35. The van der Waals surface area contributed by atoms with Crippen LogP contribution in [0.4, 0.5) is 10.1 Å². The van der Waals surface area contributed by atoms with Crippen molar-refractivity contribution in [1.82, 2.24) is 4.98 Å². The van der Waals surface area contributed by atoms with Crippen molar-refractivity contribution in [2.45, 2.75) is 50.9 Å². The number of carboxylic acids is 1. The van der Waals surface area contributed by atoms with Crippen molar-refractivity contribution in [3.8, 4) is 0 Å². The molecule has 6 aromatic rings. The highest BCUT2D eigenvalue weighted by molar-refractivity contribution is 6.09. The summed E-state index contributed by atoms with van der Waals surface area (Å²) in [5, 5.41) is 13.7. The van der Waals surface area contributed by atoms with Gasteiger partial charge in [-0.05, 0) is 100 Å². The summed E-state index contributed by atoms with van der Waals surface area (Å²) in [7, 11) is 0. The number of hydrogen-bond donors (Lipinski definition) is 1. The van der Waals surface area contributed by atoms with Gasteiger partial charge in [0.1, 0.15) is 5.82 Å². The highest BCUT2D eigenvalue weighted by atomic mass is 19.1. The Balaban J connectivity index is 0.000000209. The number of anilines is 1. The van der Waals surface area contributed by atoms with Gasteiger partial charge < -0.3 is 10.0 Å². The summed E-state index contributed by atoms with van der Waals surface area (Å²) in [5.74, 6) is -0.565. The molecule has 1 aromatic heterocycles. The number of aromatic nitrogens is 1. The summed E-state index contributed by atoms with van der Waals surface area (Å²) in [6.45, 7) is 7.03. The normalized spacial score (nSPS) is 17.2. The molecule has 0 amide bonds. The Morgan fingerprint density at radius 2 is 1.58 bits per heavy atom. The van der Waals surface area contributed by atoms with Crippen LogP contribution in [-0.4, -0.2) is 29.1 Å². The number of benzene rings is 5. The second-order valence-electron chi connectivity index (χ2n) is 13.1. The van der Waals surface area contributed by atoms with Gasteiger partial charge in [0.15, 0.2) is 0 Å². The number of para-hydroxylation sites is 1. The molecule has 1 atom stereocenters. The third kappa shape index (κ3) is 5.41. The van der Waals surface area contributed by atoms with Gasteiger partial charge in [0.05, 0.1) is 11.1 Å². The Morgan fingerprint density at radius 1 is 0.844 bits per heavy atom. The van der Waals surface area contributed by atoms with Crippen LogP contribution in [0.3, 0.4) is 0 Å². The minimum Gasteiger partial charge on any atom is -0.478 e. The first-order valence-electron chi connectivity index (χ1n) is 15.9. The molecule has 1 fully saturated rings. The quantitative estimate of drug-likeness (QED) is 0.207. The van der Waals surface area contributed by atoms with Crippen molar-refractivity contribution in [1.29, 1.82) is 0 Å². The fourth-order valence-corrected chi connectivity index (χ4v) is 7.67. The first-order valence-corrected chi connectivity index (χ1v) is 15.9. The molecule has 5 aromatic carbocycles. The van der Waals surface area contributed by atoms with Crippen LogP contribution < -0.4 is 4.90 Å². The number of halogens is 1. The van der Waals surface area contributed by atoms with Crippen LogP contribution in [0.15, 0.2) is 103 Å². The lowest BCUT2D eigenvalue weighted by Gasteiger charge is -2.39. The molecule has 5 heteroatoms. The van der Waals surface area contributed by atoms with Gasteiger partial charge in [0, 0.05) is 35.7 Å². The molecule has 0 bridgehead atoms. The average molecular weight is 597 g/mol. The number of pyridine rings is 1. The molecule has 1 saturated heterocycles. The standard InChI is InChI=1S/C30H30FN.C10H7NO2/c1-30(2)19-22(20-8-7-9-23(17-20)32-14-5-6-15-32)16-21-12-13-25-24-10-3-4-11-26(24)28(31)18-27(25)29(21)30;12-10(13)8-5-1-3-7-4-2-6-11-9(7)8/h3-4,7-13,17-18,22H,5-6,14-16,19H2,1-2H3;1-6H,(H,12,13). The van der Waals surface area contributed by atoms with Crippen LogP contribution in [0.5, 0.6) is 0 Å². The summed E-state index contributed by atoms with van der Waals surface area (Å²) >= 11 is 0.